The van der Waals surface area contributed by atoms with Crippen molar-refractivity contribution < 1.29 is 14.7 Å². The largest absolute Gasteiger partial charge is 0.481 e. The fraction of sp³-hybridized carbons (Fsp3) is 0.500. The molecule has 0 aliphatic carbocycles. The number of nitrogens with zero attached hydrogens (tertiary/aromatic N) is 1. The zero-order valence-electron chi connectivity index (χ0n) is 11.8. The molecule has 4 heteroatoms. The Bertz CT molecular complexity index is 581. The fourth-order valence-corrected chi connectivity index (χ4v) is 3.69. The minimum Gasteiger partial charge on any atom is -0.481 e. The van der Waals surface area contributed by atoms with Crippen LogP contribution < -0.4 is 0 Å². The number of carboxylic acid groups (broad SMARTS) is 1. The number of fused-ring (bicyclic) bond motifs is 2. The van der Waals surface area contributed by atoms with E-state index >= 15 is 0 Å². The van der Waals surface area contributed by atoms with Crippen molar-refractivity contribution in [1.82, 2.24) is 4.90 Å². The molecule has 1 N–H and O–H groups in total. The molecule has 2 bridgehead atoms. The zero-order valence-corrected chi connectivity index (χ0v) is 11.8. The van der Waals surface area contributed by atoms with Crippen LogP contribution in [0.5, 0.6) is 0 Å². The molecule has 1 amide bonds. The van der Waals surface area contributed by atoms with E-state index in [1.807, 2.05) is 36.9 Å². The number of aryl methyl sites for hydroxylation is 1. The summed E-state index contributed by atoms with van der Waals surface area (Å²) >= 11 is 0. The first-order valence-corrected chi connectivity index (χ1v) is 7.12. The number of carboxylic acids is 1. The van der Waals surface area contributed by atoms with Crippen LogP contribution in [0.15, 0.2) is 18.2 Å². The van der Waals surface area contributed by atoms with Gasteiger partial charge in [-0.1, -0.05) is 12.1 Å². The highest BCUT2D eigenvalue weighted by Gasteiger charge is 2.51. The van der Waals surface area contributed by atoms with Gasteiger partial charge in [-0.05, 0) is 50.3 Å². The molecule has 2 heterocycles. The van der Waals surface area contributed by atoms with E-state index in [4.69, 9.17) is 0 Å². The Balaban J connectivity index is 1.92. The predicted octanol–water partition coefficient (Wildman–Crippen LogP) is 2.38. The zero-order chi connectivity index (χ0) is 14.4. The topological polar surface area (TPSA) is 57.6 Å². The van der Waals surface area contributed by atoms with Gasteiger partial charge >= 0.3 is 5.97 Å². The maximum absolute atomic E-state index is 12.8. The van der Waals surface area contributed by atoms with E-state index in [0.29, 0.717) is 12.0 Å². The average molecular weight is 273 g/mol. The van der Waals surface area contributed by atoms with Crippen LogP contribution in [0.4, 0.5) is 0 Å². The Morgan fingerprint density at radius 1 is 1.25 bits per heavy atom. The fourth-order valence-electron chi connectivity index (χ4n) is 3.69. The van der Waals surface area contributed by atoms with Crippen LogP contribution in [0.2, 0.25) is 0 Å². The van der Waals surface area contributed by atoms with Crippen molar-refractivity contribution in [3.63, 3.8) is 0 Å². The summed E-state index contributed by atoms with van der Waals surface area (Å²) in [6.07, 6.45) is 2.36. The highest BCUT2D eigenvalue weighted by atomic mass is 16.4. The Labute approximate surface area is 118 Å². The summed E-state index contributed by atoms with van der Waals surface area (Å²) in [4.78, 5) is 25.9. The molecule has 20 heavy (non-hydrogen) atoms. The molecule has 0 radical (unpaired) electrons. The van der Waals surface area contributed by atoms with Gasteiger partial charge in [-0.15, -0.1) is 0 Å². The van der Waals surface area contributed by atoms with Crippen molar-refractivity contribution in [2.24, 2.45) is 5.92 Å². The number of hydrogen-bond acceptors (Lipinski definition) is 2. The molecule has 106 valence electrons. The summed E-state index contributed by atoms with van der Waals surface area (Å²) in [6, 6.07) is 5.71. The molecule has 3 atom stereocenters. The highest BCUT2D eigenvalue weighted by Crippen LogP contribution is 2.42. The summed E-state index contributed by atoms with van der Waals surface area (Å²) in [5, 5.41) is 9.27. The quantitative estimate of drug-likeness (QED) is 0.900. The van der Waals surface area contributed by atoms with E-state index in [2.05, 4.69) is 0 Å². The van der Waals surface area contributed by atoms with E-state index in [0.717, 1.165) is 24.0 Å². The first kappa shape index (κ1) is 13.2. The lowest BCUT2D eigenvalue weighted by Crippen LogP contribution is -2.38. The normalized spacial score (nSPS) is 27.9. The third-order valence-corrected chi connectivity index (χ3v) is 4.92. The number of amides is 1. The SMILES string of the molecule is Cc1cccc(C(=O)N2C3CCC2C(C(=O)O)C3)c1C. The molecule has 0 saturated carbocycles. The molecular formula is C16H19NO3. The molecule has 1 aromatic carbocycles. The number of rotatable bonds is 2. The first-order valence-electron chi connectivity index (χ1n) is 7.12. The van der Waals surface area contributed by atoms with E-state index in [9.17, 15) is 14.7 Å². The number of aliphatic carboxylic acids is 1. The van der Waals surface area contributed by atoms with E-state index < -0.39 is 5.97 Å². The molecule has 2 aliphatic heterocycles. The molecule has 0 spiro atoms. The average Bonchev–Trinajstić information content (AvgIpc) is 2.98. The smallest absolute Gasteiger partial charge is 0.308 e. The van der Waals surface area contributed by atoms with Gasteiger partial charge in [-0.25, -0.2) is 0 Å². The molecular weight excluding hydrogens is 254 g/mol. The van der Waals surface area contributed by atoms with E-state index in [1.54, 1.807) is 0 Å². The van der Waals surface area contributed by atoms with Crippen molar-refractivity contribution in [2.45, 2.75) is 45.2 Å². The maximum Gasteiger partial charge on any atom is 0.308 e. The summed E-state index contributed by atoms with van der Waals surface area (Å²) in [6.45, 7) is 3.94. The van der Waals surface area contributed by atoms with Crippen LogP contribution in [0.1, 0.15) is 40.7 Å². The number of carbonyl (C=O) groups is 2. The third-order valence-electron chi connectivity index (χ3n) is 4.92. The van der Waals surface area contributed by atoms with Crippen molar-refractivity contribution in [2.75, 3.05) is 0 Å². The number of carbonyl (C=O) groups excluding carboxylic acids is 1. The van der Waals surface area contributed by atoms with Crippen LogP contribution >= 0.6 is 0 Å². The van der Waals surface area contributed by atoms with Crippen molar-refractivity contribution in [1.29, 1.82) is 0 Å². The summed E-state index contributed by atoms with van der Waals surface area (Å²) in [5.41, 5.74) is 2.81. The number of benzene rings is 1. The monoisotopic (exact) mass is 273 g/mol. The minimum absolute atomic E-state index is 0.00227. The molecule has 4 nitrogen and oxygen atoms in total. The van der Waals surface area contributed by atoms with E-state index in [1.165, 1.54) is 0 Å². The van der Waals surface area contributed by atoms with Crippen LogP contribution in [-0.4, -0.2) is 34.0 Å². The van der Waals surface area contributed by atoms with Crippen LogP contribution in [0.3, 0.4) is 0 Å². The lowest BCUT2D eigenvalue weighted by atomic mass is 9.89. The molecule has 3 unspecified atom stereocenters. The lowest BCUT2D eigenvalue weighted by Gasteiger charge is -2.24. The second-order valence-corrected chi connectivity index (χ2v) is 5.94. The first-order chi connectivity index (χ1) is 9.50. The molecule has 2 saturated heterocycles. The Hall–Kier alpha value is -1.84. The third kappa shape index (κ3) is 1.82. The van der Waals surface area contributed by atoms with Crippen molar-refractivity contribution >= 4 is 11.9 Å². The predicted molar refractivity (Wildman–Crippen MR) is 74.6 cm³/mol. The molecule has 2 aliphatic rings. The van der Waals surface area contributed by atoms with Gasteiger partial charge in [0.15, 0.2) is 0 Å². The maximum atomic E-state index is 12.8. The summed E-state index contributed by atoms with van der Waals surface area (Å²) in [5.74, 6) is -1.15. The molecule has 1 aromatic rings. The summed E-state index contributed by atoms with van der Waals surface area (Å²) in [7, 11) is 0. The summed E-state index contributed by atoms with van der Waals surface area (Å²) < 4.78 is 0. The molecule has 2 fully saturated rings. The van der Waals surface area contributed by atoms with Gasteiger partial charge < -0.3 is 10.0 Å². The minimum atomic E-state index is -0.768. The van der Waals surface area contributed by atoms with Gasteiger partial charge in [-0.2, -0.15) is 0 Å². The second-order valence-electron chi connectivity index (χ2n) is 5.94. The van der Waals surface area contributed by atoms with Crippen molar-refractivity contribution in [3.05, 3.63) is 34.9 Å². The second kappa shape index (κ2) is 4.62. The molecule has 0 aromatic heterocycles. The Kier molecular flexibility index (Phi) is 3.04. The van der Waals surface area contributed by atoms with Gasteiger partial charge in [0.25, 0.3) is 5.91 Å². The van der Waals surface area contributed by atoms with Gasteiger partial charge in [-0.3, -0.25) is 9.59 Å². The van der Waals surface area contributed by atoms with Gasteiger partial charge in [0, 0.05) is 17.6 Å². The van der Waals surface area contributed by atoms with Crippen LogP contribution in [0.25, 0.3) is 0 Å². The Morgan fingerprint density at radius 3 is 2.65 bits per heavy atom. The van der Waals surface area contributed by atoms with E-state index in [-0.39, 0.29) is 23.9 Å². The van der Waals surface area contributed by atoms with Gasteiger partial charge in [0.2, 0.25) is 0 Å². The van der Waals surface area contributed by atoms with Crippen molar-refractivity contribution in [3.8, 4) is 0 Å². The Morgan fingerprint density at radius 2 is 2.00 bits per heavy atom. The highest BCUT2D eigenvalue weighted by molar-refractivity contribution is 5.97. The van der Waals surface area contributed by atoms with Gasteiger partial charge in [0.1, 0.15) is 0 Å². The van der Waals surface area contributed by atoms with Crippen LogP contribution in [0, 0.1) is 19.8 Å². The number of hydrogen-bond donors (Lipinski definition) is 1. The molecule has 3 rings (SSSR count). The standard InChI is InChI=1S/C16H19NO3/c1-9-4-3-5-12(10(9)2)15(18)17-11-6-7-14(17)13(8-11)16(19)20/h3-5,11,13-14H,6-8H2,1-2H3,(H,19,20). The van der Waals surface area contributed by atoms with Gasteiger partial charge in [0.05, 0.1) is 5.92 Å². The lowest BCUT2D eigenvalue weighted by molar-refractivity contribution is -0.142. The van der Waals surface area contributed by atoms with Crippen LogP contribution in [-0.2, 0) is 4.79 Å².